The number of methoxy groups -OCH3 is 1. The summed E-state index contributed by atoms with van der Waals surface area (Å²) in [5, 5.41) is 3.54. The van der Waals surface area contributed by atoms with Gasteiger partial charge in [-0.1, -0.05) is 31.4 Å². The van der Waals surface area contributed by atoms with E-state index in [1.54, 1.807) is 24.3 Å². The zero-order chi connectivity index (χ0) is 16.9. The third-order valence-corrected chi connectivity index (χ3v) is 5.08. The van der Waals surface area contributed by atoms with Crippen LogP contribution in [-0.2, 0) is 9.53 Å². The largest absolute Gasteiger partial charge is 0.465 e. The van der Waals surface area contributed by atoms with Crippen LogP contribution in [0.3, 0.4) is 0 Å². The smallest absolute Gasteiger partial charge is 0.337 e. The highest BCUT2D eigenvalue weighted by Gasteiger charge is 2.25. The maximum atomic E-state index is 12.1. The molecule has 3 rings (SSSR count). The molecule has 0 aromatic heterocycles. The maximum Gasteiger partial charge on any atom is 0.337 e. The number of hydrogen-bond acceptors (Lipinski definition) is 5. The highest BCUT2D eigenvalue weighted by Crippen LogP contribution is 2.28. The van der Waals surface area contributed by atoms with E-state index in [2.05, 4.69) is 15.0 Å². The molecule has 0 unspecified atom stereocenters. The van der Waals surface area contributed by atoms with Gasteiger partial charge in [-0.3, -0.25) is 9.79 Å². The van der Waals surface area contributed by atoms with Gasteiger partial charge in [0, 0.05) is 0 Å². The summed E-state index contributed by atoms with van der Waals surface area (Å²) in [6, 6.07) is 7.30. The number of hydrogen-bond donors (Lipinski definition) is 1. The molecule has 2 fully saturated rings. The zero-order valence-corrected chi connectivity index (χ0v) is 14.4. The van der Waals surface area contributed by atoms with E-state index in [0.717, 1.165) is 18.4 Å². The number of amides is 1. The molecule has 24 heavy (non-hydrogen) atoms. The van der Waals surface area contributed by atoms with E-state index < -0.39 is 0 Å². The number of amidine groups is 1. The SMILES string of the molecule is COC(=O)c1ccc(/C=C2/SC(=NC3CCCCC3)NC2=O)cc1. The first-order valence-electron chi connectivity index (χ1n) is 8.13. The van der Waals surface area contributed by atoms with E-state index in [4.69, 9.17) is 0 Å². The van der Waals surface area contributed by atoms with Crippen molar-refractivity contribution in [3.05, 3.63) is 40.3 Å². The number of benzene rings is 1. The van der Waals surface area contributed by atoms with Crippen LogP contribution in [0, 0.1) is 0 Å². The van der Waals surface area contributed by atoms with Gasteiger partial charge in [0.25, 0.3) is 5.91 Å². The molecule has 1 aromatic carbocycles. The standard InChI is InChI=1S/C18H20N2O3S/c1-23-17(22)13-9-7-12(8-10-13)11-15-16(21)20-18(24-15)19-14-5-3-2-4-6-14/h7-11,14H,2-6H2,1H3,(H,19,20,21)/b15-11+. The second-order valence-corrected chi connectivity index (χ2v) is 6.94. The first-order chi connectivity index (χ1) is 11.7. The first kappa shape index (κ1) is 16.8. The lowest BCUT2D eigenvalue weighted by Gasteiger charge is -2.17. The van der Waals surface area contributed by atoms with Gasteiger partial charge < -0.3 is 10.1 Å². The number of carbonyl (C=O) groups excluding carboxylic acids is 2. The van der Waals surface area contributed by atoms with Gasteiger partial charge in [-0.25, -0.2) is 4.79 Å². The molecule has 2 aliphatic rings. The number of esters is 1. The minimum atomic E-state index is -0.371. The minimum absolute atomic E-state index is 0.119. The molecule has 0 radical (unpaired) electrons. The molecule has 126 valence electrons. The van der Waals surface area contributed by atoms with Crippen molar-refractivity contribution in [3.63, 3.8) is 0 Å². The summed E-state index contributed by atoms with van der Waals surface area (Å²) in [6.07, 6.45) is 7.74. The topological polar surface area (TPSA) is 67.8 Å². The number of carbonyl (C=O) groups is 2. The predicted molar refractivity (Wildman–Crippen MR) is 95.8 cm³/mol. The monoisotopic (exact) mass is 344 g/mol. The fraction of sp³-hybridized carbons (Fsp3) is 0.389. The summed E-state index contributed by atoms with van der Waals surface area (Å²) in [4.78, 5) is 28.8. The lowest BCUT2D eigenvalue weighted by atomic mass is 9.96. The minimum Gasteiger partial charge on any atom is -0.465 e. The highest BCUT2D eigenvalue weighted by molar-refractivity contribution is 8.18. The second-order valence-electron chi connectivity index (χ2n) is 5.90. The Balaban J connectivity index is 1.70. The molecule has 1 amide bonds. The molecule has 1 saturated heterocycles. The molecule has 5 nitrogen and oxygen atoms in total. The number of aliphatic imine (C=N–C) groups is 1. The van der Waals surface area contributed by atoms with Crippen molar-refractivity contribution in [2.75, 3.05) is 7.11 Å². The number of thioether (sulfide) groups is 1. The first-order valence-corrected chi connectivity index (χ1v) is 8.94. The summed E-state index contributed by atoms with van der Waals surface area (Å²) >= 11 is 1.38. The Morgan fingerprint density at radius 1 is 1.25 bits per heavy atom. The van der Waals surface area contributed by atoms with Crippen molar-refractivity contribution in [3.8, 4) is 0 Å². The molecule has 1 aromatic rings. The number of ether oxygens (including phenoxy) is 1. The fourth-order valence-electron chi connectivity index (χ4n) is 2.85. The van der Waals surface area contributed by atoms with E-state index in [0.29, 0.717) is 21.7 Å². The Hall–Kier alpha value is -2.08. The van der Waals surface area contributed by atoms with Gasteiger partial charge in [0.2, 0.25) is 0 Å². The van der Waals surface area contributed by atoms with Crippen LogP contribution >= 0.6 is 11.8 Å². The fourth-order valence-corrected chi connectivity index (χ4v) is 3.74. The Bertz CT molecular complexity index is 689. The van der Waals surface area contributed by atoms with E-state index in [1.807, 2.05) is 6.08 Å². The van der Waals surface area contributed by atoms with Crippen LogP contribution in [0.15, 0.2) is 34.2 Å². The van der Waals surface area contributed by atoms with Gasteiger partial charge in [-0.2, -0.15) is 0 Å². The van der Waals surface area contributed by atoms with Crippen LogP contribution in [0.2, 0.25) is 0 Å². The third kappa shape index (κ3) is 4.06. The normalized spacial score (nSPS) is 22.0. The van der Waals surface area contributed by atoms with Gasteiger partial charge >= 0.3 is 5.97 Å². The summed E-state index contributed by atoms with van der Waals surface area (Å²) in [6.45, 7) is 0. The lowest BCUT2D eigenvalue weighted by Crippen LogP contribution is -2.22. The third-order valence-electron chi connectivity index (χ3n) is 4.15. The second kappa shape index (κ2) is 7.66. The summed E-state index contributed by atoms with van der Waals surface area (Å²) in [5.74, 6) is -0.490. The number of nitrogens with one attached hydrogen (secondary N) is 1. The van der Waals surface area contributed by atoms with Crippen molar-refractivity contribution in [2.24, 2.45) is 4.99 Å². The molecular weight excluding hydrogens is 324 g/mol. The van der Waals surface area contributed by atoms with E-state index >= 15 is 0 Å². The van der Waals surface area contributed by atoms with Gasteiger partial charge in [-0.05, 0) is 48.4 Å². The van der Waals surface area contributed by atoms with Crippen molar-refractivity contribution in [2.45, 2.75) is 38.1 Å². The van der Waals surface area contributed by atoms with Crippen LogP contribution in [0.25, 0.3) is 6.08 Å². The summed E-state index contributed by atoms with van der Waals surface area (Å²) < 4.78 is 4.67. The van der Waals surface area contributed by atoms with Gasteiger partial charge in [0.05, 0.1) is 23.6 Å². The average Bonchev–Trinajstić information content (AvgIpc) is 2.95. The van der Waals surface area contributed by atoms with Crippen LogP contribution < -0.4 is 5.32 Å². The van der Waals surface area contributed by atoms with Crippen molar-refractivity contribution in [1.29, 1.82) is 0 Å². The molecule has 0 atom stereocenters. The van der Waals surface area contributed by atoms with Crippen LogP contribution in [-0.4, -0.2) is 30.2 Å². The van der Waals surface area contributed by atoms with Crippen molar-refractivity contribution >= 4 is 34.9 Å². The van der Waals surface area contributed by atoms with E-state index in [1.165, 1.54) is 38.1 Å². The number of nitrogens with zero attached hydrogens (tertiary/aromatic N) is 1. The highest BCUT2D eigenvalue weighted by atomic mass is 32.2. The van der Waals surface area contributed by atoms with Crippen LogP contribution in [0.1, 0.15) is 48.0 Å². The molecule has 1 aliphatic heterocycles. The summed E-state index contributed by atoms with van der Waals surface area (Å²) in [7, 11) is 1.35. The molecule has 0 bridgehead atoms. The van der Waals surface area contributed by atoms with Gasteiger partial charge in [0.15, 0.2) is 5.17 Å². The maximum absolute atomic E-state index is 12.1. The van der Waals surface area contributed by atoms with Gasteiger partial charge in [0.1, 0.15) is 0 Å². The summed E-state index contributed by atoms with van der Waals surface area (Å²) in [5.41, 5.74) is 1.35. The van der Waals surface area contributed by atoms with Crippen LogP contribution in [0.5, 0.6) is 0 Å². The molecule has 1 aliphatic carbocycles. The van der Waals surface area contributed by atoms with E-state index in [-0.39, 0.29) is 11.9 Å². The molecule has 0 spiro atoms. The zero-order valence-electron chi connectivity index (χ0n) is 13.6. The molecular formula is C18H20N2O3S. The van der Waals surface area contributed by atoms with E-state index in [9.17, 15) is 9.59 Å². The predicted octanol–water partition coefficient (Wildman–Crippen LogP) is 3.37. The molecule has 1 N–H and O–H groups in total. The van der Waals surface area contributed by atoms with Crippen LogP contribution in [0.4, 0.5) is 0 Å². The lowest BCUT2D eigenvalue weighted by molar-refractivity contribution is -0.115. The molecule has 1 heterocycles. The Morgan fingerprint density at radius 3 is 2.62 bits per heavy atom. The number of rotatable bonds is 3. The Kier molecular flexibility index (Phi) is 5.35. The van der Waals surface area contributed by atoms with Gasteiger partial charge in [-0.15, -0.1) is 0 Å². The Morgan fingerprint density at radius 2 is 1.96 bits per heavy atom. The Labute approximate surface area is 145 Å². The quantitative estimate of drug-likeness (QED) is 0.674. The molecule has 6 heteroatoms. The van der Waals surface area contributed by atoms with Crippen molar-refractivity contribution in [1.82, 2.24) is 5.32 Å². The average molecular weight is 344 g/mol. The molecule has 1 saturated carbocycles. The van der Waals surface area contributed by atoms with Crippen molar-refractivity contribution < 1.29 is 14.3 Å².